The van der Waals surface area contributed by atoms with Gasteiger partial charge in [-0.15, -0.1) is 0 Å². The number of methoxy groups -OCH3 is 1. The molecule has 0 bridgehead atoms. The lowest BCUT2D eigenvalue weighted by atomic mass is 10.0. The van der Waals surface area contributed by atoms with Gasteiger partial charge in [0.2, 0.25) is 0 Å². The topological polar surface area (TPSA) is 123 Å². The summed E-state index contributed by atoms with van der Waals surface area (Å²) in [4.78, 5) is 24.5. The maximum absolute atomic E-state index is 13.9. The predicted molar refractivity (Wildman–Crippen MR) is 115 cm³/mol. The van der Waals surface area contributed by atoms with Gasteiger partial charge in [0.25, 0.3) is 10.0 Å². The van der Waals surface area contributed by atoms with Crippen molar-refractivity contribution in [2.45, 2.75) is 39.5 Å². The van der Waals surface area contributed by atoms with Crippen molar-refractivity contribution in [3.63, 3.8) is 0 Å². The van der Waals surface area contributed by atoms with Crippen LogP contribution in [0.2, 0.25) is 0 Å². The minimum Gasteiger partial charge on any atom is -0.507 e. The molecule has 3 aromatic rings. The molecule has 31 heavy (non-hydrogen) atoms. The summed E-state index contributed by atoms with van der Waals surface area (Å²) in [7, 11) is -3.13. The summed E-state index contributed by atoms with van der Waals surface area (Å²) in [6, 6.07) is 4.27. The smallest absolute Gasteiger partial charge is 0.340 e. The van der Waals surface area contributed by atoms with E-state index in [9.17, 15) is 28.2 Å². The molecular weight excluding hydrogens is 422 g/mol. The summed E-state index contributed by atoms with van der Waals surface area (Å²) in [5.41, 5.74) is 1.85. The molecule has 0 atom stereocenters. The molecule has 0 saturated carbocycles. The molecule has 1 heterocycles. The number of benzene rings is 2. The van der Waals surface area contributed by atoms with Crippen LogP contribution in [0.5, 0.6) is 5.75 Å². The highest BCUT2D eigenvalue weighted by Crippen LogP contribution is 2.38. The number of aromatic carboxylic acids is 1. The fourth-order valence-corrected chi connectivity index (χ4v) is 6.14. The van der Waals surface area contributed by atoms with Gasteiger partial charge in [0.15, 0.2) is 0 Å². The first-order chi connectivity index (χ1) is 14.4. The second-order valence-corrected chi connectivity index (χ2v) is 9.19. The Labute approximate surface area is 179 Å². The zero-order valence-electron chi connectivity index (χ0n) is 18.0. The van der Waals surface area contributed by atoms with E-state index in [1.807, 2.05) is 19.9 Å². The Hall–Kier alpha value is -3.33. The molecule has 1 aromatic heterocycles. The number of fused-ring (bicyclic) bond motifs is 1. The quantitative estimate of drug-likeness (QED) is 0.588. The average Bonchev–Trinajstić information content (AvgIpc) is 2.97. The molecular formula is C22H23NO7S. The lowest BCUT2D eigenvalue weighted by Gasteiger charge is -2.18. The van der Waals surface area contributed by atoms with E-state index in [-0.39, 0.29) is 27.1 Å². The van der Waals surface area contributed by atoms with Gasteiger partial charge in [0.1, 0.15) is 11.3 Å². The number of carbonyl (C=O) groups is 2. The molecule has 0 fully saturated rings. The third-order valence-corrected chi connectivity index (χ3v) is 7.78. The van der Waals surface area contributed by atoms with E-state index in [0.717, 1.165) is 28.3 Å². The number of aryl methyl sites for hydroxylation is 2. The molecule has 9 heteroatoms. The van der Waals surface area contributed by atoms with Crippen LogP contribution in [-0.4, -0.2) is 41.7 Å². The van der Waals surface area contributed by atoms with Crippen molar-refractivity contribution in [2.75, 3.05) is 7.11 Å². The van der Waals surface area contributed by atoms with Crippen LogP contribution >= 0.6 is 0 Å². The van der Waals surface area contributed by atoms with Gasteiger partial charge in [-0.05, 0) is 69.0 Å². The summed E-state index contributed by atoms with van der Waals surface area (Å²) in [5, 5.41) is 19.6. The number of rotatable bonds is 4. The zero-order chi connectivity index (χ0) is 23.4. The average molecular weight is 445 g/mol. The number of hydrogen-bond acceptors (Lipinski definition) is 6. The molecule has 0 spiro atoms. The standard InChI is InChI=1S/C22H23NO7S/c1-10-9-11(2)13(4)20(12(10)3)31(28,29)23-14(5)17(22(27)30-6)18-15(23)7-8-16(24)19(18)21(25)26/h7-9,24H,1-6H3,(H,25,26). The second-order valence-electron chi connectivity index (χ2n) is 7.47. The number of esters is 1. The molecule has 0 aliphatic heterocycles. The van der Waals surface area contributed by atoms with Crippen LogP contribution in [0, 0.1) is 34.6 Å². The number of phenols is 1. The molecule has 164 valence electrons. The fraction of sp³-hybridized carbons (Fsp3) is 0.273. The second kappa shape index (κ2) is 7.42. The highest BCUT2D eigenvalue weighted by atomic mass is 32.2. The van der Waals surface area contributed by atoms with Crippen LogP contribution in [0.25, 0.3) is 10.9 Å². The third-order valence-electron chi connectivity index (χ3n) is 5.70. The number of aromatic hydroxyl groups is 1. The summed E-state index contributed by atoms with van der Waals surface area (Å²) >= 11 is 0. The van der Waals surface area contributed by atoms with E-state index < -0.39 is 33.3 Å². The van der Waals surface area contributed by atoms with Crippen molar-refractivity contribution in [2.24, 2.45) is 0 Å². The molecule has 0 aliphatic rings. The van der Waals surface area contributed by atoms with Gasteiger partial charge in [-0.1, -0.05) is 6.07 Å². The molecule has 0 unspecified atom stereocenters. The van der Waals surface area contributed by atoms with Crippen molar-refractivity contribution in [3.05, 3.63) is 57.3 Å². The maximum atomic E-state index is 13.9. The van der Waals surface area contributed by atoms with Gasteiger partial charge < -0.3 is 14.9 Å². The Morgan fingerprint density at radius 2 is 1.52 bits per heavy atom. The van der Waals surface area contributed by atoms with E-state index >= 15 is 0 Å². The Balaban J connectivity index is 2.59. The first-order valence-corrected chi connectivity index (χ1v) is 10.8. The number of ether oxygens (including phenoxy) is 1. The molecule has 3 rings (SSSR count). The molecule has 0 amide bonds. The molecule has 2 N–H and O–H groups in total. The fourth-order valence-electron chi connectivity index (χ4n) is 4.00. The van der Waals surface area contributed by atoms with Crippen molar-refractivity contribution in [3.8, 4) is 5.75 Å². The van der Waals surface area contributed by atoms with Crippen molar-refractivity contribution >= 4 is 32.9 Å². The first kappa shape index (κ1) is 22.4. The highest BCUT2D eigenvalue weighted by molar-refractivity contribution is 7.90. The van der Waals surface area contributed by atoms with E-state index in [0.29, 0.717) is 11.1 Å². The number of carbonyl (C=O) groups excluding carboxylic acids is 1. The van der Waals surface area contributed by atoms with Crippen molar-refractivity contribution in [1.29, 1.82) is 0 Å². The van der Waals surface area contributed by atoms with Gasteiger partial charge in [0.05, 0.1) is 23.1 Å². The molecule has 2 aromatic carbocycles. The Kier molecular flexibility index (Phi) is 5.35. The summed E-state index contributed by atoms with van der Waals surface area (Å²) in [6.45, 7) is 8.42. The summed E-state index contributed by atoms with van der Waals surface area (Å²) < 4.78 is 33.6. The monoisotopic (exact) mass is 445 g/mol. The van der Waals surface area contributed by atoms with Crippen LogP contribution in [0.3, 0.4) is 0 Å². The van der Waals surface area contributed by atoms with Crippen molar-refractivity contribution < 1.29 is 33.0 Å². The Morgan fingerprint density at radius 3 is 2.00 bits per heavy atom. The van der Waals surface area contributed by atoms with Gasteiger partial charge in [-0.3, -0.25) is 0 Å². The van der Waals surface area contributed by atoms with E-state index in [1.165, 1.54) is 13.0 Å². The SMILES string of the molecule is COC(=O)c1c(C)n(S(=O)(=O)c2c(C)c(C)cc(C)c2C)c2ccc(O)c(C(=O)O)c12. The Bertz CT molecular complexity index is 1360. The largest absolute Gasteiger partial charge is 0.507 e. The molecule has 0 aliphatic carbocycles. The number of nitrogens with zero attached hydrogens (tertiary/aromatic N) is 1. The maximum Gasteiger partial charge on any atom is 0.340 e. The van der Waals surface area contributed by atoms with Crippen LogP contribution in [0.4, 0.5) is 0 Å². The lowest BCUT2D eigenvalue weighted by Crippen LogP contribution is -2.18. The molecule has 8 nitrogen and oxygen atoms in total. The summed E-state index contributed by atoms with van der Waals surface area (Å²) in [5.74, 6) is -2.99. The van der Waals surface area contributed by atoms with Gasteiger partial charge >= 0.3 is 11.9 Å². The number of carboxylic acid groups (broad SMARTS) is 1. The molecule has 0 radical (unpaired) electrons. The van der Waals surface area contributed by atoms with Gasteiger partial charge in [0, 0.05) is 11.1 Å². The third kappa shape index (κ3) is 3.16. The van der Waals surface area contributed by atoms with Crippen LogP contribution < -0.4 is 0 Å². The summed E-state index contributed by atoms with van der Waals surface area (Å²) in [6.07, 6.45) is 0. The lowest BCUT2D eigenvalue weighted by molar-refractivity contribution is 0.0602. The Morgan fingerprint density at radius 1 is 0.968 bits per heavy atom. The van der Waals surface area contributed by atoms with Crippen LogP contribution in [0.1, 0.15) is 48.7 Å². The number of carboxylic acids is 1. The number of aromatic nitrogens is 1. The van der Waals surface area contributed by atoms with E-state index in [1.54, 1.807) is 13.8 Å². The van der Waals surface area contributed by atoms with Gasteiger partial charge in [-0.25, -0.2) is 22.0 Å². The first-order valence-electron chi connectivity index (χ1n) is 9.37. The van der Waals surface area contributed by atoms with Crippen LogP contribution in [-0.2, 0) is 14.8 Å². The van der Waals surface area contributed by atoms with E-state index in [2.05, 4.69) is 0 Å². The van der Waals surface area contributed by atoms with E-state index in [4.69, 9.17) is 4.74 Å². The normalized spacial score (nSPS) is 11.7. The number of hydrogen-bond donors (Lipinski definition) is 2. The minimum absolute atomic E-state index is 0.00657. The van der Waals surface area contributed by atoms with Crippen LogP contribution in [0.15, 0.2) is 23.1 Å². The van der Waals surface area contributed by atoms with Crippen molar-refractivity contribution in [1.82, 2.24) is 3.97 Å². The van der Waals surface area contributed by atoms with Gasteiger partial charge in [-0.2, -0.15) is 0 Å². The molecule has 0 saturated heterocycles. The highest BCUT2D eigenvalue weighted by Gasteiger charge is 2.34. The minimum atomic E-state index is -4.24. The zero-order valence-corrected chi connectivity index (χ0v) is 18.8. The predicted octanol–water partition coefficient (Wildman–Crippen LogP) is 3.61.